The minimum absolute atomic E-state index is 0.0702. The summed E-state index contributed by atoms with van der Waals surface area (Å²) >= 11 is 0. The highest BCUT2D eigenvalue weighted by molar-refractivity contribution is 5.90. The summed E-state index contributed by atoms with van der Waals surface area (Å²) in [5.74, 6) is -0.453. The lowest BCUT2D eigenvalue weighted by atomic mass is 9.97. The molecular formula is C20H14N2O4. The summed E-state index contributed by atoms with van der Waals surface area (Å²) < 4.78 is 5.20. The molecule has 2 aromatic carbocycles. The van der Waals surface area contributed by atoms with Gasteiger partial charge in [0.05, 0.1) is 12.7 Å². The van der Waals surface area contributed by atoms with Crippen LogP contribution in [0.5, 0.6) is 5.75 Å². The highest BCUT2D eigenvalue weighted by atomic mass is 16.5. The molecule has 6 heteroatoms. The number of aromatic amines is 1. The smallest absolute Gasteiger partial charge is 0.335 e. The Morgan fingerprint density at radius 3 is 2.54 bits per heavy atom. The number of carboxylic acid groups (broad SMARTS) is 1. The summed E-state index contributed by atoms with van der Waals surface area (Å²) in [5, 5.41) is 18.6. The number of methoxy groups -OCH3 is 1. The fraction of sp³-hybridized carbons (Fsp3) is 0.0500. The van der Waals surface area contributed by atoms with Gasteiger partial charge in [-0.15, -0.1) is 0 Å². The van der Waals surface area contributed by atoms with E-state index < -0.39 is 11.5 Å². The number of rotatable bonds is 4. The van der Waals surface area contributed by atoms with E-state index >= 15 is 0 Å². The fourth-order valence-corrected chi connectivity index (χ4v) is 2.66. The zero-order chi connectivity index (χ0) is 18.7. The van der Waals surface area contributed by atoms with Crippen molar-refractivity contribution in [3.8, 4) is 34.2 Å². The second-order valence-corrected chi connectivity index (χ2v) is 5.53. The fourth-order valence-electron chi connectivity index (χ4n) is 2.66. The first-order chi connectivity index (χ1) is 12.5. The van der Waals surface area contributed by atoms with Crippen LogP contribution in [0, 0.1) is 11.3 Å². The molecule has 0 fully saturated rings. The molecule has 0 spiro atoms. The molecule has 1 aromatic heterocycles. The molecule has 0 unspecified atom stereocenters. The molecule has 26 heavy (non-hydrogen) atoms. The molecule has 0 saturated carbocycles. The maximum absolute atomic E-state index is 12.4. The van der Waals surface area contributed by atoms with Gasteiger partial charge in [-0.2, -0.15) is 5.26 Å². The van der Waals surface area contributed by atoms with Crippen molar-refractivity contribution in [2.75, 3.05) is 7.11 Å². The normalized spacial score (nSPS) is 10.2. The number of aromatic nitrogens is 1. The summed E-state index contributed by atoms with van der Waals surface area (Å²) in [6.45, 7) is 0. The van der Waals surface area contributed by atoms with Crippen molar-refractivity contribution < 1.29 is 14.6 Å². The van der Waals surface area contributed by atoms with E-state index in [1.807, 2.05) is 6.07 Å². The second-order valence-electron chi connectivity index (χ2n) is 5.53. The maximum Gasteiger partial charge on any atom is 0.335 e. The highest BCUT2D eigenvalue weighted by Crippen LogP contribution is 2.28. The van der Waals surface area contributed by atoms with Crippen molar-refractivity contribution in [2.45, 2.75) is 0 Å². The van der Waals surface area contributed by atoms with Crippen LogP contribution in [0.3, 0.4) is 0 Å². The number of nitrogens with zero attached hydrogens (tertiary/aromatic N) is 1. The van der Waals surface area contributed by atoms with Gasteiger partial charge >= 0.3 is 5.97 Å². The summed E-state index contributed by atoms with van der Waals surface area (Å²) in [6, 6.07) is 16.8. The Labute approximate surface area is 148 Å². The van der Waals surface area contributed by atoms with E-state index in [4.69, 9.17) is 4.74 Å². The molecule has 3 rings (SSSR count). The van der Waals surface area contributed by atoms with Crippen molar-refractivity contribution in [1.29, 1.82) is 5.26 Å². The van der Waals surface area contributed by atoms with Crippen LogP contribution in [-0.4, -0.2) is 23.2 Å². The van der Waals surface area contributed by atoms with Gasteiger partial charge in [0.1, 0.15) is 17.4 Å². The molecule has 128 valence electrons. The van der Waals surface area contributed by atoms with Gasteiger partial charge in [-0.3, -0.25) is 4.79 Å². The molecule has 0 amide bonds. The quantitative estimate of drug-likeness (QED) is 0.754. The van der Waals surface area contributed by atoms with Gasteiger partial charge in [0.2, 0.25) is 0 Å². The number of pyridine rings is 1. The highest BCUT2D eigenvalue weighted by Gasteiger charge is 2.14. The summed E-state index contributed by atoms with van der Waals surface area (Å²) in [6.07, 6.45) is 0. The Kier molecular flexibility index (Phi) is 4.54. The first-order valence-corrected chi connectivity index (χ1v) is 7.69. The molecule has 2 N–H and O–H groups in total. The van der Waals surface area contributed by atoms with Crippen molar-refractivity contribution >= 4 is 5.97 Å². The Bertz CT molecular complexity index is 1090. The first-order valence-electron chi connectivity index (χ1n) is 7.69. The van der Waals surface area contributed by atoms with Gasteiger partial charge in [-0.25, -0.2) is 4.79 Å². The molecule has 0 radical (unpaired) electrons. The van der Waals surface area contributed by atoms with E-state index in [1.54, 1.807) is 49.6 Å². The molecule has 0 atom stereocenters. The minimum atomic E-state index is -1.08. The van der Waals surface area contributed by atoms with Gasteiger partial charge in [0, 0.05) is 16.8 Å². The Hall–Kier alpha value is -3.85. The number of benzene rings is 2. The maximum atomic E-state index is 12.4. The van der Waals surface area contributed by atoms with Crippen LogP contribution >= 0.6 is 0 Å². The second kappa shape index (κ2) is 6.95. The number of hydrogen-bond donors (Lipinski definition) is 2. The van der Waals surface area contributed by atoms with Crippen LogP contribution in [0.4, 0.5) is 0 Å². The predicted octanol–water partition coefficient (Wildman–Crippen LogP) is 3.29. The Morgan fingerprint density at radius 2 is 1.85 bits per heavy atom. The van der Waals surface area contributed by atoms with Crippen LogP contribution in [0.15, 0.2) is 59.4 Å². The molecule has 0 bridgehead atoms. The first kappa shape index (κ1) is 17.0. The lowest BCUT2D eigenvalue weighted by Gasteiger charge is -2.09. The number of carboxylic acids is 1. The van der Waals surface area contributed by atoms with E-state index in [2.05, 4.69) is 4.98 Å². The van der Waals surface area contributed by atoms with E-state index in [9.17, 15) is 20.0 Å². The average molecular weight is 346 g/mol. The summed E-state index contributed by atoms with van der Waals surface area (Å²) in [7, 11) is 1.55. The third-order valence-corrected chi connectivity index (χ3v) is 3.95. The zero-order valence-corrected chi connectivity index (χ0v) is 13.8. The SMILES string of the molecule is COc1cccc(-c2cc(-c3cccc(C(=O)O)c3)c(C#N)c(=O)[nH]2)c1. The number of hydrogen-bond acceptors (Lipinski definition) is 4. The van der Waals surface area contributed by atoms with E-state index in [0.717, 1.165) is 0 Å². The molecule has 0 aliphatic rings. The number of nitriles is 1. The standard InChI is InChI=1S/C20H14N2O4/c1-26-15-7-3-5-13(9-15)18-10-16(17(11-21)19(23)22-18)12-4-2-6-14(8-12)20(24)25/h2-10H,1H3,(H,22,23)(H,24,25). The minimum Gasteiger partial charge on any atom is -0.497 e. The van der Waals surface area contributed by atoms with Crippen molar-refractivity contribution in [2.24, 2.45) is 0 Å². The van der Waals surface area contributed by atoms with Crippen molar-refractivity contribution in [3.05, 3.63) is 76.1 Å². The zero-order valence-electron chi connectivity index (χ0n) is 13.8. The molecule has 0 aliphatic heterocycles. The third-order valence-electron chi connectivity index (χ3n) is 3.95. The van der Waals surface area contributed by atoms with E-state index in [-0.39, 0.29) is 11.1 Å². The Morgan fingerprint density at radius 1 is 1.12 bits per heavy atom. The number of carbonyl (C=O) groups is 1. The van der Waals surface area contributed by atoms with Crippen molar-refractivity contribution in [1.82, 2.24) is 4.98 Å². The van der Waals surface area contributed by atoms with E-state index in [1.165, 1.54) is 12.1 Å². The van der Waals surface area contributed by atoms with Gasteiger partial charge < -0.3 is 14.8 Å². The summed E-state index contributed by atoms with van der Waals surface area (Å²) in [5.41, 5.74) is 1.54. The number of nitrogens with one attached hydrogen (secondary N) is 1. The number of ether oxygens (including phenoxy) is 1. The summed E-state index contributed by atoms with van der Waals surface area (Å²) in [4.78, 5) is 26.3. The third kappa shape index (κ3) is 3.19. The van der Waals surface area contributed by atoms with Crippen LogP contribution in [-0.2, 0) is 0 Å². The van der Waals surface area contributed by atoms with Crippen LogP contribution < -0.4 is 10.3 Å². The molecule has 3 aromatic rings. The van der Waals surface area contributed by atoms with E-state index in [0.29, 0.717) is 28.1 Å². The predicted molar refractivity (Wildman–Crippen MR) is 96.2 cm³/mol. The van der Waals surface area contributed by atoms with Crippen LogP contribution in [0.2, 0.25) is 0 Å². The molecule has 1 heterocycles. The molecule has 0 saturated heterocycles. The van der Waals surface area contributed by atoms with Crippen LogP contribution in [0.1, 0.15) is 15.9 Å². The molecular weight excluding hydrogens is 332 g/mol. The van der Waals surface area contributed by atoms with Crippen molar-refractivity contribution in [3.63, 3.8) is 0 Å². The average Bonchev–Trinajstić information content (AvgIpc) is 2.67. The number of aromatic carboxylic acids is 1. The molecule has 6 nitrogen and oxygen atoms in total. The Balaban J connectivity index is 2.23. The van der Waals surface area contributed by atoms with Gasteiger partial charge in [0.15, 0.2) is 0 Å². The van der Waals surface area contributed by atoms with Gasteiger partial charge in [0.25, 0.3) is 5.56 Å². The van der Waals surface area contributed by atoms with Gasteiger partial charge in [-0.1, -0.05) is 24.3 Å². The molecule has 0 aliphatic carbocycles. The largest absolute Gasteiger partial charge is 0.497 e. The van der Waals surface area contributed by atoms with Gasteiger partial charge in [-0.05, 0) is 35.9 Å². The lowest BCUT2D eigenvalue weighted by Crippen LogP contribution is -2.12. The van der Waals surface area contributed by atoms with Crippen LogP contribution in [0.25, 0.3) is 22.4 Å². The topological polar surface area (TPSA) is 103 Å². The number of H-pyrrole nitrogens is 1. The lowest BCUT2D eigenvalue weighted by molar-refractivity contribution is 0.0697. The monoisotopic (exact) mass is 346 g/mol.